The average Bonchev–Trinajstić information content (AvgIpc) is 3.36. The molecule has 6 heteroatoms. The monoisotopic (exact) mass is 365 g/mol. The van der Waals surface area contributed by atoms with Crippen LogP contribution >= 0.6 is 0 Å². The van der Waals surface area contributed by atoms with E-state index in [9.17, 15) is 0 Å². The number of aryl methyl sites for hydroxylation is 1. The Balaban J connectivity index is 0.00000102. The maximum absolute atomic E-state index is 5.50. The fourth-order valence-corrected chi connectivity index (χ4v) is 3.05. The van der Waals surface area contributed by atoms with E-state index in [-0.39, 0.29) is 0 Å². The van der Waals surface area contributed by atoms with E-state index in [0.717, 1.165) is 44.8 Å². The third-order valence-corrected chi connectivity index (χ3v) is 4.27. The molecule has 0 fully saturated rings. The predicted octanol–water partition coefficient (Wildman–Crippen LogP) is 5.24. The molecule has 0 aliphatic heterocycles. The van der Waals surface area contributed by atoms with Gasteiger partial charge in [-0.3, -0.25) is 0 Å². The molecule has 0 unspecified atom stereocenters. The lowest BCUT2D eigenvalue weighted by Crippen LogP contribution is -1.87. The number of H-pyrrole nitrogens is 1. The zero-order valence-electron chi connectivity index (χ0n) is 16.2. The van der Waals surface area contributed by atoms with Crippen LogP contribution in [0.3, 0.4) is 0 Å². The Morgan fingerprint density at radius 1 is 1.00 bits per heavy atom. The number of nitrogens with zero attached hydrogens (tertiary/aromatic N) is 2. The first kappa shape index (κ1) is 18.5. The number of fused-ring (bicyclic) bond motifs is 1. The topological polar surface area (TPSA) is 73.2 Å². The van der Waals surface area contributed by atoms with Crippen molar-refractivity contribution in [3.8, 4) is 34.2 Å². The van der Waals surface area contributed by atoms with Gasteiger partial charge in [0.15, 0.2) is 0 Å². The summed E-state index contributed by atoms with van der Waals surface area (Å²) in [6, 6.07) is 12.0. The molecule has 0 spiro atoms. The van der Waals surface area contributed by atoms with Crippen molar-refractivity contribution in [3.05, 3.63) is 48.4 Å². The molecule has 0 aliphatic carbocycles. The molecule has 6 nitrogen and oxygen atoms in total. The third-order valence-electron chi connectivity index (χ3n) is 4.27. The van der Waals surface area contributed by atoms with Gasteiger partial charge < -0.3 is 18.9 Å². The minimum Gasteiger partial charge on any atom is -0.497 e. The van der Waals surface area contributed by atoms with Crippen LogP contribution in [0.5, 0.6) is 11.5 Å². The highest BCUT2D eigenvalue weighted by atomic mass is 16.5. The van der Waals surface area contributed by atoms with E-state index in [2.05, 4.69) is 21.2 Å². The average molecular weight is 365 g/mol. The van der Waals surface area contributed by atoms with Gasteiger partial charge in [-0.1, -0.05) is 26.0 Å². The van der Waals surface area contributed by atoms with Crippen molar-refractivity contribution in [3.63, 3.8) is 0 Å². The van der Waals surface area contributed by atoms with Gasteiger partial charge in [-0.15, -0.1) is 10.2 Å². The second kappa shape index (κ2) is 7.95. The zero-order valence-corrected chi connectivity index (χ0v) is 16.2. The maximum Gasteiger partial charge on any atom is 0.264 e. The van der Waals surface area contributed by atoms with Crippen LogP contribution in [0.1, 0.15) is 19.4 Å². The highest BCUT2D eigenvalue weighted by Gasteiger charge is 2.19. The summed E-state index contributed by atoms with van der Waals surface area (Å²) in [5.74, 6) is 2.08. The van der Waals surface area contributed by atoms with Crippen molar-refractivity contribution in [2.24, 2.45) is 0 Å². The highest BCUT2D eigenvalue weighted by molar-refractivity contribution is 6.03. The number of aromatic amines is 1. The molecule has 4 aromatic rings. The van der Waals surface area contributed by atoms with Gasteiger partial charge in [0.1, 0.15) is 17.2 Å². The first-order valence-corrected chi connectivity index (χ1v) is 8.82. The van der Waals surface area contributed by atoms with Crippen molar-refractivity contribution in [2.75, 3.05) is 14.2 Å². The van der Waals surface area contributed by atoms with Crippen LogP contribution in [0, 0.1) is 6.92 Å². The Hall–Kier alpha value is -3.28. The summed E-state index contributed by atoms with van der Waals surface area (Å²) in [4.78, 5) is 3.40. The van der Waals surface area contributed by atoms with E-state index in [1.165, 1.54) is 6.39 Å². The smallest absolute Gasteiger partial charge is 0.264 e. The second-order valence-corrected chi connectivity index (χ2v) is 5.71. The molecule has 0 amide bonds. The lowest BCUT2D eigenvalue weighted by atomic mass is 10.0. The van der Waals surface area contributed by atoms with Gasteiger partial charge >= 0.3 is 0 Å². The van der Waals surface area contributed by atoms with Gasteiger partial charge in [-0.05, 0) is 42.3 Å². The van der Waals surface area contributed by atoms with Gasteiger partial charge in [0, 0.05) is 16.5 Å². The summed E-state index contributed by atoms with van der Waals surface area (Å²) >= 11 is 0. The molecule has 0 saturated heterocycles. The fraction of sp³-hybridized carbons (Fsp3) is 0.238. The van der Waals surface area contributed by atoms with E-state index >= 15 is 0 Å². The van der Waals surface area contributed by atoms with E-state index in [1.54, 1.807) is 14.2 Å². The number of hydrogen-bond donors (Lipinski definition) is 1. The normalized spacial score (nSPS) is 10.4. The molecule has 27 heavy (non-hydrogen) atoms. The SMILES string of the molecule is CC.COc1ccc(-c2c(-c3nnco3)[nH]c3cc(C)c(OC)cc23)cc1. The standard InChI is InChI=1S/C19H17N3O3.C2H6/c1-11-8-15-14(9-16(11)24-3)17(12-4-6-13(23-2)7-5-12)18(21-15)19-22-20-10-25-19;1-2/h4-10,21H,1-3H3;1-2H3. The molecule has 2 aromatic carbocycles. The number of hydrogen-bond acceptors (Lipinski definition) is 5. The summed E-state index contributed by atoms with van der Waals surface area (Å²) in [6.07, 6.45) is 1.32. The van der Waals surface area contributed by atoms with Crippen LogP contribution in [0.15, 0.2) is 47.2 Å². The van der Waals surface area contributed by atoms with E-state index < -0.39 is 0 Å². The van der Waals surface area contributed by atoms with Crippen molar-refractivity contribution in [1.82, 2.24) is 15.2 Å². The van der Waals surface area contributed by atoms with Gasteiger partial charge in [0.05, 0.1) is 14.2 Å². The Morgan fingerprint density at radius 2 is 1.74 bits per heavy atom. The fourth-order valence-electron chi connectivity index (χ4n) is 3.05. The lowest BCUT2D eigenvalue weighted by Gasteiger charge is -2.07. The first-order valence-electron chi connectivity index (χ1n) is 8.82. The molecule has 0 atom stereocenters. The maximum atomic E-state index is 5.50. The van der Waals surface area contributed by atoms with Gasteiger partial charge in [0.2, 0.25) is 6.39 Å². The molecule has 0 aliphatic rings. The molecule has 0 radical (unpaired) electrons. The van der Waals surface area contributed by atoms with E-state index in [4.69, 9.17) is 13.9 Å². The number of ether oxygens (including phenoxy) is 2. The summed E-state index contributed by atoms with van der Waals surface area (Å²) in [6.45, 7) is 6.01. The van der Waals surface area contributed by atoms with E-state index in [0.29, 0.717) is 5.89 Å². The molecular formula is C21H23N3O3. The largest absolute Gasteiger partial charge is 0.497 e. The molecule has 0 bridgehead atoms. The number of benzene rings is 2. The second-order valence-electron chi connectivity index (χ2n) is 5.71. The minimum absolute atomic E-state index is 0.443. The lowest BCUT2D eigenvalue weighted by molar-refractivity contribution is 0.412. The molecule has 0 saturated carbocycles. The first-order chi connectivity index (χ1) is 13.2. The molecule has 2 aromatic heterocycles. The minimum atomic E-state index is 0.443. The highest BCUT2D eigenvalue weighted by Crippen LogP contribution is 2.40. The molecule has 4 rings (SSSR count). The molecule has 1 N–H and O–H groups in total. The Morgan fingerprint density at radius 3 is 2.33 bits per heavy atom. The number of rotatable bonds is 4. The number of aromatic nitrogens is 3. The Bertz CT molecular complexity index is 1020. The Labute approximate surface area is 158 Å². The van der Waals surface area contributed by atoms with Crippen LogP contribution in [-0.4, -0.2) is 29.4 Å². The molecule has 2 heterocycles. The number of methoxy groups -OCH3 is 2. The number of nitrogens with one attached hydrogen (secondary N) is 1. The van der Waals surface area contributed by atoms with Crippen LogP contribution in [0.25, 0.3) is 33.6 Å². The third kappa shape index (κ3) is 3.38. The zero-order chi connectivity index (χ0) is 19.4. The quantitative estimate of drug-likeness (QED) is 0.535. The van der Waals surface area contributed by atoms with Gasteiger partial charge in [-0.2, -0.15) is 0 Å². The van der Waals surface area contributed by atoms with Gasteiger partial charge in [0.25, 0.3) is 5.89 Å². The van der Waals surface area contributed by atoms with Crippen LogP contribution in [0.2, 0.25) is 0 Å². The van der Waals surface area contributed by atoms with Crippen LogP contribution < -0.4 is 9.47 Å². The summed E-state index contributed by atoms with van der Waals surface area (Å²) in [5.41, 5.74) is 4.82. The van der Waals surface area contributed by atoms with Crippen LogP contribution in [-0.2, 0) is 0 Å². The predicted molar refractivity (Wildman–Crippen MR) is 106 cm³/mol. The van der Waals surface area contributed by atoms with E-state index in [1.807, 2.05) is 51.1 Å². The summed E-state index contributed by atoms with van der Waals surface area (Å²) < 4.78 is 16.2. The van der Waals surface area contributed by atoms with Crippen molar-refractivity contribution >= 4 is 10.9 Å². The Kier molecular flexibility index (Phi) is 5.45. The van der Waals surface area contributed by atoms with Crippen molar-refractivity contribution in [2.45, 2.75) is 20.8 Å². The van der Waals surface area contributed by atoms with Crippen molar-refractivity contribution < 1.29 is 13.9 Å². The molecule has 140 valence electrons. The molecular weight excluding hydrogens is 342 g/mol. The van der Waals surface area contributed by atoms with Crippen molar-refractivity contribution in [1.29, 1.82) is 0 Å². The van der Waals surface area contributed by atoms with Crippen LogP contribution in [0.4, 0.5) is 0 Å². The summed E-state index contributed by atoms with van der Waals surface area (Å²) in [5, 5.41) is 8.89. The summed E-state index contributed by atoms with van der Waals surface area (Å²) in [7, 11) is 3.32. The van der Waals surface area contributed by atoms with Gasteiger partial charge in [-0.25, -0.2) is 0 Å².